The van der Waals surface area contributed by atoms with Crippen LogP contribution in [0.25, 0.3) is 0 Å². The van der Waals surface area contributed by atoms with Crippen LogP contribution in [0.4, 0.5) is 17.6 Å². The highest BCUT2D eigenvalue weighted by atomic mass is 32.2. The molecule has 0 bridgehead atoms. The summed E-state index contributed by atoms with van der Waals surface area (Å²) in [5.41, 5.74) is -4.51. The van der Waals surface area contributed by atoms with Gasteiger partial charge in [0.25, 0.3) is 22.9 Å². The normalized spacial score (nSPS) is 22.3. The van der Waals surface area contributed by atoms with Gasteiger partial charge < -0.3 is 5.11 Å². The standard InChI is InChI=1S/C11H14F4N4O3S/c1-3-18-5-8(6(2)16-18)23(21,22)19-11(20,10(14)15)4-7(17-19)9(12)13/h5,9-10,20H,3-4H2,1-2H3/t11-/m0/s1. The van der Waals surface area contributed by atoms with Crippen LogP contribution in [0.3, 0.4) is 0 Å². The van der Waals surface area contributed by atoms with Crippen LogP contribution in [0.2, 0.25) is 0 Å². The summed E-state index contributed by atoms with van der Waals surface area (Å²) < 4.78 is 77.6. The van der Waals surface area contributed by atoms with Gasteiger partial charge >= 0.3 is 0 Å². The van der Waals surface area contributed by atoms with Crippen molar-refractivity contribution >= 4 is 15.7 Å². The van der Waals surface area contributed by atoms with Gasteiger partial charge in [-0.2, -0.15) is 18.6 Å². The van der Waals surface area contributed by atoms with Crippen molar-refractivity contribution in [1.29, 1.82) is 0 Å². The molecule has 0 aliphatic carbocycles. The molecule has 0 aromatic carbocycles. The molecule has 0 saturated carbocycles. The second-order valence-electron chi connectivity index (χ2n) is 4.93. The van der Waals surface area contributed by atoms with Crippen molar-refractivity contribution in [1.82, 2.24) is 14.2 Å². The Balaban J connectivity index is 2.57. The molecule has 1 aliphatic heterocycles. The van der Waals surface area contributed by atoms with Crippen LogP contribution in [0.1, 0.15) is 19.0 Å². The highest BCUT2D eigenvalue weighted by molar-refractivity contribution is 7.89. The third kappa shape index (κ3) is 2.80. The lowest BCUT2D eigenvalue weighted by Gasteiger charge is -2.30. The van der Waals surface area contributed by atoms with Crippen molar-refractivity contribution in [2.45, 2.75) is 50.3 Å². The van der Waals surface area contributed by atoms with E-state index in [0.717, 1.165) is 6.20 Å². The Morgan fingerprint density at radius 3 is 2.43 bits per heavy atom. The number of hydrogen-bond acceptors (Lipinski definition) is 5. The molecule has 1 aromatic heterocycles. The van der Waals surface area contributed by atoms with E-state index < -0.39 is 45.6 Å². The second-order valence-corrected chi connectivity index (χ2v) is 6.67. The Morgan fingerprint density at radius 2 is 2.00 bits per heavy atom. The van der Waals surface area contributed by atoms with E-state index in [4.69, 9.17) is 0 Å². The number of alkyl halides is 4. The number of nitrogens with zero attached hydrogens (tertiary/aromatic N) is 4. The smallest absolute Gasteiger partial charge is 0.288 e. The molecule has 0 radical (unpaired) electrons. The number of sulfonamides is 1. The van der Waals surface area contributed by atoms with Crippen molar-refractivity contribution in [3.8, 4) is 0 Å². The number of halogens is 4. The Hall–Kier alpha value is -1.69. The van der Waals surface area contributed by atoms with Gasteiger partial charge in [0.1, 0.15) is 10.6 Å². The summed E-state index contributed by atoms with van der Waals surface area (Å²) in [5, 5.41) is 16.8. The van der Waals surface area contributed by atoms with Gasteiger partial charge in [0.05, 0.1) is 5.69 Å². The average Bonchev–Trinajstić information content (AvgIpc) is 3.01. The van der Waals surface area contributed by atoms with E-state index in [9.17, 15) is 31.1 Å². The number of rotatable bonds is 5. The molecule has 2 rings (SSSR count). The maximum absolute atomic E-state index is 13.1. The Morgan fingerprint density at radius 1 is 1.39 bits per heavy atom. The molecule has 12 heteroatoms. The van der Waals surface area contributed by atoms with Gasteiger partial charge in [0, 0.05) is 19.2 Å². The Kier molecular flexibility index (Phi) is 4.41. The first-order valence-electron chi connectivity index (χ1n) is 6.49. The van der Waals surface area contributed by atoms with Crippen LogP contribution < -0.4 is 0 Å². The van der Waals surface area contributed by atoms with Gasteiger partial charge in [0.15, 0.2) is 0 Å². The van der Waals surface area contributed by atoms with Gasteiger partial charge in [-0.25, -0.2) is 17.6 Å². The van der Waals surface area contributed by atoms with Crippen molar-refractivity contribution in [2.75, 3.05) is 0 Å². The molecule has 1 atom stereocenters. The van der Waals surface area contributed by atoms with Crippen molar-refractivity contribution in [3.05, 3.63) is 11.9 Å². The molecule has 23 heavy (non-hydrogen) atoms. The maximum Gasteiger partial charge on any atom is 0.288 e. The molecule has 130 valence electrons. The Labute approximate surface area is 129 Å². The largest absolute Gasteiger partial charge is 0.364 e. The summed E-state index contributed by atoms with van der Waals surface area (Å²) in [6, 6.07) is 0. The first-order chi connectivity index (χ1) is 10.5. The minimum absolute atomic E-state index is 0.0239. The SMILES string of the molecule is CCn1cc(S(=O)(=O)N2N=C(C(F)F)C[C@]2(O)C(F)F)c(C)n1. The topological polar surface area (TPSA) is 87.8 Å². The predicted molar refractivity (Wildman–Crippen MR) is 70.7 cm³/mol. The number of aliphatic hydroxyl groups is 1. The molecule has 0 amide bonds. The predicted octanol–water partition coefficient (Wildman–Crippen LogP) is 1.18. The van der Waals surface area contributed by atoms with Crippen LogP contribution in [-0.2, 0) is 16.6 Å². The molecule has 1 aliphatic rings. The van der Waals surface area contributed by atoms with Gasteiger partial charge in [-0.1, -0.05) is 0 Å². The Bertz CT molecular complexity index is 734. The fourth-order valence-electron chi connectivity index (χ4n) is 2.12. The summed E-state index contributed by atoms with van der Waals surface area (Å²) in [5.74, 6) is 0. The second kappa shape index (κ2) is 5.74. The summed E-state index contributed by atoms with van der Waals surface area (Å²) in [4.78, 5) is -0.488. The lowest BCUT2D eigenvalue weighted by Crippen LogP contribution is -2.51. The fourth-order valence-corrected chi connectivity index (χ4v) is 3.75. The summed E-state index contributed by atoms with van der Waals surface area (Å²) >= 11 is 0. The van der Waals surface area contributed by atoms with Gasteiger partial charge in [-0.05, 0) is 13.8 Å². The minimum atomic E-state index is -4.78. The first-order valence-corrected chi connectivity index (χ1v) is 7.93. The van der Waals surface area contributed by atoms with Crippen LogP contribution >= 0.6 is 0 Å². The van der Waals surface area contributed by atoms with Gasteiger partial charge in [-0.15, -0.1) is 4.41 Å². The third-order valence-corrected chi connectivity index (χ3v) is 5.13. The van der Waals surface area contributed by atoms with Crippen molar-refractivity contribution in [3.63, 3.8) is 0 Å². The minimum Gasteiger partial charge on any atom is -0.364 e. The molecule has 0 saturated heterocycles. The molecule has 0 fully saturated rings. The summed E-state index contributed by atoms with van der Waals surface area (Å²) in [6.45, 7) is 3.29. The lowest BCUT2D eigenvalue weighted by molar-refractivity contribution is -0.150. The fraction of sp³-hybridized carbons (Fsp3) is 0.636. The summed E-state index contributed by atoms with van der Waals surface area (Å²) in [7, 11) is -4.78. The van der Waals surface area contributed by atoms with Gasteiger partial charge in [0.2, 0.25) is 5.72 Å². The molecule has 1 N–H and O–H groups in total. The number of hydrazone groups is 1. The molecular weight excluding hydrogens is 344 g/mol. The van der Waals surface area contributed by atoms with Crippen LogP contribution in [-0.4, -0.2) is 52.0 Å². The molecule has 7 nitrogen and oxygen atoms in total. The van der Waals surface area contributed by atoms with Gasteiger partial charge in [-0.3, -0.25) is 4.68 Å². The number of aromatic nitrogens is 2. The third-order valence-electron chi connectivity index (χ3n) is 3.32. The maximum atomic E-state index is 13.1. The highest BCUT2D eigenvalue weighted by Crippen LogP contribution is 2.37. The van der Waals surface area contributed by atoms with Crippen LogP contribution in [0.15, 0.2) is 16.2 Å². The number of hydrogen-bond donors (Lipinski definition) is 1. The van der Waals surface area contributed by atoms with E-state index in [2.05, 4.69) is 10.2 Å². The van der Waals surface area contributed by atoms with E-state index in [-0.39, 0.29) is 10.1 Å². The van der Waals surface area contributed by atoms with Crippen LogP contribution in [0, 0.1) is 6.92 Å². The van der Waals surface area contributed by atoms with E-state index in [1.54, 1.807) is 6.92 Å². The molecule has 0 spiro atoms. The molecule has 1 aromatic rings. The quantitative estimate of drug-likeness (QED) is 0.801. The molecule has 0 unspecified atom stereocenters. The van der Waals surface area contributed by atoms with Crippen molar-refractivity contribution in [2.24, 2.45) is 5.10 Å². The highest BCUT2D eigenvalue weighted by Gasteiger charge is 2.56. The van der Waals surface area contributed by atoms with Crippen LogP contribution in [0.5, 0.6) is 0 Å². The van der Waals surface area contributed by atoms with E-state index in [0.29, 0.717) is 6.54 Å². The first kappa shape index (κ1) is 17.7. The lowest BCUT2D eigenvalue weighted by atomic mass is 10.1. The molecular formula is C11H14F4N4O3S. The zero-order chi connectivity index (χ0) is 17.6. The van der Waals surface area contributed by atoms with E-state index >= 15 is 0 Å². The van der Waals surface area contributed by atoms with E-state index in [1.165, 1.54) is 11.6 Å². The monoisotopic (exact) mass is 358 g/mol. The average molecular weight is 358 g/mol. The van der Waals surface area contributed by atoms with Crippen molar-refractivity contribution < 1.29 is 31.1 Å². The number of aryl methyl sites for hydroxylation is 2. The zero-order valence-electron chi connectivity index (χ0n) is 12.1. The summed E-state index contributed by atoms with van der Waals surface area (Å²) in [6.07, 6.45) is -7.10. The molecule has 2 heterocycles. The van der Waals surface area contributed by atoms with E-state index in [1.807, 2.05) is 0 Å². The zero-order valence-corrected chi connectivity index (χ0v) is 12.9.